The van der Waals surface area contributed by atoms with Crippen molar-refractivity contribution in [3.8, 4) is 0 Å². The van der Waals surface area contributed by atoms with Crippen LogP contribution in [-0.2, 0) is 25.7 Å². The molecule has 1 saturated carbocycles. The van der Waals surface area contributed by atoms with Gasteiger partial charge in [0.1, 0.15) is 6.61 Å². The zero-order valence-electron chi connectivity index (χ0n) is 14.0. The van der Waals surface area contributed by atoms with Crippen LogP contribution in [0.5, 0.6) is 0 Å². The van der Waals surface area contributed by atoms with Crippen molar-refractivity contribution in [3.05, 3.63) is 29.8 Å². The van der Waals surface area contributed by atoms with E-state index in [1.54, 1.807) is 0 Å². The molecular weight excluding hydrogens is 371 g/mol. The molecule has 1 heterocycles. The molecule has 0 unspecified atom stereocenters. The van der Waals surface area contributed by atoms with Gasteiger partial charge in [0.25, 0.3) is 0 Å². The van der Waals surface area contributed by atoms with Crippen LogP contribution >= 0.6 is 0 Å². The van der Waals surface area contributed by atoms with Crippen LogP contribution in [0, 0.1) is 5.92 Å². The number of ketones is 1. The number of ether oxygens (including phenoxy) is 1. The predicted molar refractivity (Wildman–Crippen MR) is 86.9 cm³/mol. The van der Waals surface area contributed by atoms with E-state index in [2.05, 4.69) is 0 Å². The van der Waals surface area contributed by atoms with Crippen molar-refractivity contribution in [1.29, 1.82) is 0 Å². The van der Waals surface area contributed by atoms with Gasteiger partial charge in [0.05, 0.1) is 16.6 Å². The molecule has 0 bridgehead atoms. The van der Waals surface area contributed by atoms with Gasteiger partial charge in [-0.25, -0.2) is 8.42 Å². The molecule has 0 radical (unpaired) electrons. The fraction of sp³-hybridized carbons (Fsp3) is 0.588. The Morgan fingerprint density at radius 1 is 1.15 bits per heavy atom. The molecule has 2 fully saturated rings. The number of alkyl halides is 3. The van der Waals surface area contributed by atoms with Crippen LogP contribution in [0.2, 0.25) is 0 Å². The maximum absolute atomic E-state index is 12.8. The van der Waals surface area contributed by atoms with Gasteiger partial charge in [-0.2, -0.15) is 17.5 Å². The number of nitrogens with zero attached hydrogens (tertiary/aromatic N) is 1. The molecular formula is C17H20F3NO4S. The summed E-state index contributed by atoms with van der Waals surface area (Å²) >= 11 is 0. The van der Waals surface area contributed by atoms with Crippen molar-refractivity contribution in [2.45, 2.75) is 42.9 Å². The standard InChI is InChI=1S/C17H20F3NO4S/c18-17(19,20)13-2-1-3-15(10-13)26(23,24)21-8-6-14(7-9-21)25-11-16(22)12-4-5-12/h1-3,10,12,14H,4-9,11H2. The van der Waals surface area contributed by atoms with Gasteiger partial charge >= 0.3 is 6.18 Å². The SMILES string of the molecule is O=C(COC1CCN(S(=O)(=O)c2cccc(C(F)(F)F)c2)CC1)C1CC1. The lowest BCUT2D eigenvalue weighted by atomic mass is 10.1. The highest BCUT2D eigenvalue weighted by atomic mass is 32.2. The average Bonchev–Trinajstić information content (AvgIpc) is 3.44. The molecule has 1 aromatic carbocycles. The number of piperidine rings is 1. The second kappa shape index (κ2) is 7.28. The zero-order chi connectivity index (χ0) is 18.9. The third kappa shape index (κ3) is 4.44. The molecule has 1 saturated heterocycles. The Kier molecular flexibility index (Phi) is 5.41. The first-order valence-corrected chi connectivity index (χ1v) is 9.93. The van der Waals surface area contributed by atoms with E-state index in [9.17, 15) is 26.4 Å². The van der Waals surface area contributed by atoms with Crippen LogP contribution in [0.3, 0.4) is 0 Å². The molecule has 9 heteroatoms. The normalized spacial score (nSPS) is 20.3. The summed E-state index contributed by atoms with van der Waals surface area (Å²) in [6.45, 7) is 0.359. The number of benzene rings is 1. The third-order valence-electron chi connectivity index (χ3n) is 4.69. The summed E-state index contributed by atoms with van der Waals surface area (Å²) in [4.78, 5) is 11.3. The fourth-order valence-corrected chi connectivity index (χ4v) is 4.46. The molecule has 26 heavy (non-hydrogen) atoms. The Morgan fingerprint density at radius 3 is 2.38 bits per heavy atom. The minimum atomic E-state index is -4.60. The van der Waals surface area contributed by atoms with Gasteiger partial charge in [0.15, 0.2) is 5.78 Å². The number of hydrogen-bond acceptors (Lipinski definition) is 4. The molecule has 0 aromatic heterocycles. The van der Waals surface area contributed by atoms with E-state index in [-0.39, 0.29) is 42.4 Å². The lowest BCUT2D eigenvalue weighted by Crippen LogP contribution is -2.41. The molecule has 0 spiro atoms. The summed E-state index contributed by atoms with van der Waals surface area (Å²) in [7, 11) is -3.99. The third-order valence-corrected chi connectivity index (χ3v) is 6.59. The lowest BCUT2D eigenvalue weighted by Gasteiger charge is -2.31. The molecule has 0 N–H and O–H groups in total. The van der Waals surface area contributed by atoms with Gasteiger partial charge in [-0.1, -0.05) is 6.07 Å². The number of carbonyl (C=O) groups excluding carboxylic acids is 1. The molecule has 5 nitrogen and oxygen atoms in total. The van der Waals surface area contributed by atoms with Gasteiger partial charge in [-0.3, -0.25) is 4.79 Å². The van der Waals surface area contributed by atoms with Crippen LogP contribution in [0.4, 0.5) is 13.2 Å². The molecule has 3 rings (SSSR count). The Balaban J connectivity index is 1.60. The molecule has 144 valence electrons. The minimum absolute atomic E-state index is 0.0513. The second-order valence-electron chi connectivity index (χ2n) is 6.68. The summed E-state index contributed by atoms with van der Waals surface area (Å²) in [5.74, 6) is 0.209. The largest absolute Gasteiger partial charge is 0.416 e. The smallest absolute Gasteiger partial charge is 0.370 e. The van der Waals surface area contributed by atoms with E-state index in [4.69, 9.17) is 4.74 Å². The molecule has 1 aliphatic carbocycles. The van der Waals surface area contributed by atoms with Crippen molar-refractivity contribution < 1.29 is 31.1 Å². The first-order valence-electron chi connectivity index (χ1n) is 8.49. The van der Waals surface area contributed by atoms with Crippen molar-refractivity contribution in [2.24, 2.45) is 5.92 Å². The van der Waals surface area contributed by atoms with Crippen LogP contribution in [0.15, 0.2) is 29.2 Å². The summed E-state index contributed by atoms with van der Waals surface area (Å²) in [5, 5.41) is 0. The van der Waals surface area contributed by atoms with Crippen molar-refractivity contribution in [2.75, 3.05) is 19.7 Å². The van der Waals surface area contributed by atoms with Crippen molar-refractivity contribution >= 4 is 15.8 Å². The Labute approximate surface area is 150 Å². The predicted octanol–water partition coefficient (Wildman–Crippen LogP) is 2.85. The van der Waals surface area contributed by atoms with Crippen LogP contribution in [-0.4, -0.2) is 44.3 Å². The van der Waals surface area contributed by atoms with E-state index in [1.807, 2.05) is 0 Å². The topological polar surface area (TPSA) is 63.7 Å². The minimum Gasteiger partial charge on any atom is -0.370 e. The zero-order valence-corrected chi connectivity index (χ0v) is 14.9. The highest BCUT2D eigenvalue weighted by Gasteiger charge is 2.35. The maximum Gasteiger partial charge on any atom is 0.416 e. The van der Waals surface area contributed by atoms with Crippen LogP contribution < -0.4 is 0 Å². The Morgan fingerprint density at radius 2 is 1.81 bits per heavy atom. The van der Waals surface area contributed by atoms with Crippen LogP contribution in [0.25, 0.3) is 0 Å². The first kappa shape index (κ1) is 19.3. The number of rotatable bonds is 6. The van der Waals surface area contributed by atoms with Gasteiger partial charge in [0, 0.05) is 19.0 Å². The number of carbonyl (C=O) groups is 1. The number of halogens is 3. The Bertz CT molecular complexity index is 766. The molecule has 0 amide bonds. The van der Waals surface area contributed by atoms with E-state index in [0.717, 1.165) is 25.0 Å². The number of Topliss-reactive ketones (excluding diaryl/α,β-unsaturated/α-hetero) is 1. The molecule has 1 aliphatic heterocycles. The quantitative estimate of drug-likeness (QED) is 0.748. The van der Waals surface area contributed by atoms with E-state index in [1.165, 1.54) is 10.4 Å². The average molecular weight is 391 g/mol. The summed E-state index contributed by atoms with van der Waals surface area (Å²) in [6, 6.07) is 3.76. The second-order valence-corrected chi connectivity index (χ2v) is 8.62. The highest BCUT2D eigenvalue weighted by Crippen LogP contribution is 2.32. The summed E-state index contributed by atoms with van der Waals surface area (Å²) in [5.41, 5.74) is -0.990. The Hall–Kier alpha value is -1.45. The van der Waals surface area contributed by atoms with Gasteiger partial charge in [0.2, 0.25) is 10.0 Å². The molecule has 0 atom stereocenters. The highest BCUT2D eigenvalue weighted by molar-refractivity contribution is 7.89. The van der Waals surface area contributed by atoms with E-state index >= 15 is 0 Å². The van der Waals surface area contributed by atoms with E-state index < -0.39 is 21.8 Å². The monoisotopic (exact) mass is 391 g/mol. The van der Waals surface area contributed by atoms with E-state index in [0.29, 0.717) is 18.9 Å². The number of hydrogen-bond donors (Lipinski definition) is 0. The van der Waals surface area contributed by atoms with Gasteiger partial charge in [-0.15, -0.1) is 0 Å². The first-order chi connectivity index (χ1) is 12.2. The summed E-state index contributed by atoms with van der Waals surface area (Å²) in [6.07, 6.45) is -2.15. The maximum atomic E-state index is 12.8. The fourth-order valence-electron chi connectivity index (χ4n) is 2.94. The lowest BCUT2D eigenvalue weighted by molar-refractivity contribution is -0.137. The van der Waals surface area contributed by atoms with Crippen LogP contribution in [0.1, 0.15) is 31.2 Å². The van der Waals surface area contributed by atoms with Crippen molar-refractivity contribution in [1.82, 2.24) is 4.31 Å². The van der Waals surface area contributed by atoms with Gasteiger partial charge < -0.3 is 4.74 Å². The number of sulfonamides is 1. The van der Waals surface area contributed by atoms with Gasteiger partial charge in [-0.05, 0) is 43.9 Å². The molecule has 2 aliphatic rings. The van der Waals surface area contributed by atoms with Crippen molar-refractivity contribution in [3.63, 3.8) is 0 Å². The molecule has 1 aromatic rings. The summed E-state index contributed by atoms with van der Waals surface area (Å²) < 4.78 is 70.4.